The lowest BCUT2D eigenvalue weighted by Crippen LogP contribution is -2.40. The molecule has 1 aliphatic rings. The summed E-state index contributed by atoms with van der Waals surface area (Å²) in [5, 5.41) is 0. The molecule has 194 valence electrons. The maximum atomic E-state index is 13.9. The molecule has 1 aromatic heterocycles. The number of carbonyl (C=O) groups excluding carboxylic acids is 1. The topological polar surface area (TPSA) is 69.9 Å². The van der Waals surface area contributed by atoms with Crippen molar-refractivity contribution in [2.75, 3.05) is 13.2 Å². The fraction of sp³-hybridized carbons (Fsp3) is 0.129. The molecule has 6 nitrogen and oxygen atoms in total. The summed E-state index contributed by atoms with van der Waals surface area (Å²) in [6.07, 6.45) is 7.07. The number of fused-ring (bicyclic) bond motifs is 1. The minimum Gasteiger partial charge on any atom is -0.480 e. The van der Waals surface area contributed by atoms with E-state index in [1.54, 1.807) is 31.2 Å². The first-order valence-corrected chi connectivity index (χ1v) is 13.0. The van der Waals surface area contributed by atoms with Gasteiger partial charge in [-0.1, -0.05) is 77.9 Å². The van der Waals surface area contributed by atoms with Crippen LogP contribution in [0.25, 0.3) is 11.8 Å². The molecule has 2 heterocycles. The standard InChI is InChI=1S/C31H23FN2O4S/c1-3-18-38-24-13-9-8-12-22(24)19-25-29(35)34-28(21-14-16-23(32)17-15-21)26(30(36)37-4-2)27(33-31(34)39-25)20-10-6-5-7-11-20/h1,5-17,19,28H,4,18H2,2H3/b25-19+/t28-/m0/s1. The Morgan fingerprint density at radius 1 is 1.10 bits per heavy atom. The average molecular weight is 539 g/mol. The number of para-hydroxylation sites is 1. The Bertz CT molecular complexity index is 1780. The monoisotopic (exact) mass is 538 g/mol. The van der Waals surface area contributed by atoms with Crippen LogP contribution in [-0.2, 0) is 9.53 Å². The summed E-state index contributed by atoms with van der Waals surface area (Å²) in [5.41, 5.74) is 2.16. The Morgan fingerprint density at radius 3 is 2.54 bits per heavy atom. The highest BCUT2D eigenvalue weighted by Gasteiger charge is 2.35. The fourth-order valence-corrected chi connectivity index (χ4v) is 5.38. The summed E-state index contributed by atoms with van der Waals surface area (Å²) >= 11 is 1.19. The van der Waals surface area contributed by atoms with Crippen molar-refractivity contribution in [2.45, 2.75) is 13.0 Å². The van der Waals surface area contributed by atoms with Crippen LogP contribution in [-0.4, -0.2) is 23.8 Å². The second-order valence-electron chi connectivity index (χ2n) is 8.51. The number of halogens is 1. The van der Waals surface area contributed by atoms with Crippen molar-refractivity contribution in [3.05, 3.63) is 127 Å². The second-order valence-corrected chi connectivity index (χ2v) is 9.52. The van der Waals surface area contributed by atoms with Gasteiger partial charge in [0.1, 0.15) is 18.2 Å². The molecular weight excluding hydrogens is 515 g/mol. The molecule has 1 aliphatic heterocycles. The largest absolute Gasteiger partial charge is 0.480 e. The van der Waals surface area contributed by atoms with Crippen LogP contribution in [0.15, 0.2) is 94.2 Å². The number of esters is 1. The van der Waals surface area contributed by atoms with Gasteiger partial charge in [0.05, 0.1) is 28.5 Å². The molecule has 0 unspecified atom stereocenters. The van der Waals surface area contributed by atoms with E-state index < -0.39 is 17.8 Å². The first kappa shape index (κ1) is 25.9. The molecule has 0 radical (unpaired) electrons. The van der Waals surface area contributed by atoms with Crippen molar-refractivity contribution in [1.29, 1.82) is 0 Å². The van der Waals surface area contributed by atoms with Gasteiger partial charge < -0.3 is 9.47 Å². The van der Waals surface area contributed by atoms with Crippen LogP contribution >= 0.6 is 11.3 Å². The molecule has 3 aromatic carbocycles. The minimum absolute atomic E-state index is 0.0833. The van der Waals surface area contributed by atoms with E-state index in [-0.39, 0.29) is 24.3 Å². The van der Waals surface area contributed by atoms with Crippen LogP contribution in [0.1, 0.15) is 29.7 Å². The number of carbonyl (C=O) groups is 1. The van der Waals surface area contributed by atoms with E-state index in [9.17, 15) is 14.0 Å². The highest BCUT2D eigenvalue weighted by Crippen LogP contribution is 2.35. The molecule has 0 bridgehead atoms. The van der Waals surface area contributed by atoms with E-state index in [0.29, 0.717) is 37.5 Å². The third-order valence-corrected chi connectivity index (χ3v) is 7.06. The van der Waals surface area contributed by atoms with Crippen molar-refractivity contribution >= 4 is 29.1 Å². The van der Waals surface area contributed by atoms with Gasteiger partial charge in [-0.2, -0.15) is 0 Å². The Hall–Kier alpha value is -4.74. The first-order valence-electron chi connectivity index (χ1n) is 12.2. The number of hydrogen-bond acceptors (Lipinski definition) is 6. The van der Waals surface area contributed by atoms with Gasteiger partial charge in [0, 0.05) is 11.1 Å². The van der Waals surface area contributed by atoms with E-state index in [4.69, 9.17) is 20.9 Å². The van der Waals surface area contributed by atoms with Gasteiger partial charge in [-0.15, -0.1) is 6.42 Å². The molecule has 0 saturated carbocycles. The Kier molecular flexibility index (Phi) is 7.53. The number of rotatable bonds is 7. The van der Waals surface area contributed by atoms with Crippen LogP contribution in [0.5, 0.6) is 5.75 Å². The van der Waals surface area contributed by atoms with Gasteiger partial charge in [-0.25, -0.2) is 14.2 Å². The predicted octanol–water partition coefficient (Wildman–Crippen LogP) is 4.09. The number of aromatic nitrogens is 1. The zero-order valence-corrected chi connectivity index (χ0v) is 21.8. The molecule has 4 aromatic rings. The van der Waals surface area contributed by atoms with Crippen molar-refractivity contribution in [3.8, 4) is 18.1 Å². The Labute approximate surface area is 228 Å². The smallest absolute Gasteiger partial charge is 0.338 e. The van der Waals surface area contributed by atoms with Gasteiger partial charge >= 0.3 is 5.97 Å². The summed E-state index contributed by atoms with van der Waals surface area (Å²) in [6.45, 7) is 1.93. The SMILES string of the molecule is C#CCOc1ccccc1/C=c1/sc2n(c1=O)[C@@H](c1ccc(F)cc1)C(C(=O)OCC)=C(c1ccccc1)N=2. The van der Waals surface area contributed by atoms with Crippen molar-refractivity contribution in [1.82, 2.24) is 4.57 Å². The average Bonchev–Trinajstić information content (AvgIpc) is 3.27. The lowest BCUT2D eigenvalue weighted by molar-refractivity contribution is -0.138. The van der Waals surface area contributed by atoms with Crippen LogP contribution in [0.3, 0.4) is 0 Å². The van der Waals surface area contributed by atoms with E-state index >= 15 is 0 Å². The number of ether oxygens (including phenoxy) is 2. The van der Waals surface area contributed by atoms with Gasteiger partial charge in [0.2, 0.25) is 0 Å². The maximum absolute atomic E-state index is 13.9. The molecule has 39 heavy (non-hydrogen) atoms. The molecule has 0 fully saturated rings. The van der Waals surface area contributed by atoms with Crippen LogP contribution in [0.4, 0.5) is 4.39 Å². The molecule has 1 atom stereocenters. The molecule has 5 rings (SSSR count). The van der Waals surface area contributed by atoms with Crippen LogP contribution in [0, 0.1) is 18.2 Å². The third kappa shape index (κ3) is 5.17. The maximum Gasteiger partial charge on any atom is 0.338 e. The van der Waals surface area contributed by atoms with Gasteiger partial charge in [-0.3, -0.25) is 9.36 Å². The molecule has 0 spiro atoms. The summed E-state index contributed by atoms with van der Waals surface area (Å²) in [6, 6.07) is 21.3. The number of thiazole rings is 1. The number of benzene rings is 3. The molecule has 0 aliphatic carbocycles. The summed E-state index contributed by atoms with van der Waals surface area (Å²) in [7, 11) is 0. The quantitative estimate of drug-likeness (QED) is 0.263. The lowest BCUT2D eigenvalue weighted by Gasteiger charge is -2.25. The molecule has 0 N–H and O–H groups in total. The van der Waals surface area contributed by atoms with E-state index in [0.717, 1.165) is 0 Å². The fourth-order valence-electron chi connectivity index (χ4n) is 4.39. The highest BCUT2D eigenvalue weighted by molar-refractivity contribution is 7.07. The van der Waals surface area contributed by atoms with Crippen molar-refractivity contribution < 1.29 is 18.7 Å². The zero-order valence-electron chi connectivity index (χ0n) is 21.0. The van der Waals surface area contributed by atoms with E-state index in [2.05, 4.69) is 5.92 Å². The zero-order chi connectivity index (χ0) is 27.4. The Balaban J connectivity index is 1.80. The Morgan fingerprint density at radius 2 is 1.82 bits per heavy atom. The number of terminal acetylenes is 1. The third-order valence-electron chi connectivity index (χ3n) is 6.08. The van der Waals surface area contributed by atoms with Gasteiger partial charge in [-0.05, 0) is 36.8 Å². The predicted molar refractivity (Wildman–Crippen MR) is 148 cm³/mol. The first-order chi connectivity index (χ1) is 19.0. The highest BCUT2D eigenvalue weighted by atomic mass is 32.1. The molecule has 0 amide bonds. The van der Waals surface area contributed by atoms with E-state index in [1.807, 2.05) is 48.5 Å². The van der Waals surface area contributed by atoms with E-state index in [1.165, 1.54) is 28.0 Å². The van der Waals surface area contributed by atoms with Crippen LogP contribution < -0.4 is 19.6 Å². The number of hydrogen-bond donors (Lipinski definition) is 0. The van der Waals surface area contributed by atoms with Gasteiger partial charge in [0.15, 0.2) is 4.80 Å². The normalized spacial score (nSPS) is 14.8. The summed E-state index contributed by atoms with van der Waals surface area (Å²) < 4.78 is 26.8. The number of nitrogens with zero attached hydrogens (tertiary/aromatic N) is 2. The molecule has 8 heteroatoms. The lowest BCUT2D eigenvalue weighted by atomic mass is 9.93. The van der Waals surface area contributed by atoms with Crippen LogP contribution in [0.2, 0.25) is 0 Å². The van der Waals surface area contributed by atoms with Crippen molar-refractivity contribution in [2.24, 2.45) is 4.99 Å². The molecular formula is C31H23FN2O4S. The second kappa shape index (κ2) is 11.3. The molecule has 0 saturated heterocycles. The minimum atomic E-state index is -0.883. The summed E-state index contributed by atoms with van der Waals surface area (Å²) in [4.78, 5) is 32.5. The summed E-state index contributed by atoms with van der Waals surface area (Å²) in [5.74, 6) is 1.95. The van der Waals surface area contributed by atoms with Crippen molar-refractivity contribution in [3.63, 3.8) is 0 Å². The van der Waals surface area contributed by atoms with Gasteiger partial charge in [0.25, 0.3) is 5.56 Å².